The normalized spacial score (nSPS) is 18.0. The zero-order valence-corrected chi connectivity index (χ0v) is 12.9. The number of benzene rings is 1. The van der Waals surface area contributed by atoms with Crippen LogP contribution in [0.25, 0.3) is 0 Å². The number of carbonyl (C=O) groups excluding carboxylic acids is 2. The van der Waals surface area contributed by atoms with Gasteiger partial charge in [0, 0.05) is 13.1 Å². The molecule has 22 heavy (non-hydrogen) atoms. The van der Waals surface area contributed by atoms with Gasteiger partial charge in [-0.25, -0.2) is 0 Å². The lowest BCUT2D eigenvalue weighted by atomic mass is 10.0. The zero-order chi connectivity index (χ0) is 15.5. The van der Waals surface area contributed by atoms with Gasteiger partial charge < -0.3 is 15.0 Å². The van der Waals surface area contributed by atoms with Crippen LogP contribution in [-0.4, -0.2) is 36.9 Å². The van der Waals surface area contributed by atoms with E-state index in [0.29, 0.717) is 23.7 Å². The molecule has 5 nitrogen and oxygen atoms in total. The summed E-state index contributed by atoms with van der Waals surface area (Å²) in [7, 11) is 1.54. The molecule has 1 aliphatic rings. The second-order valence-electron chi connectivity index (χ2n) is 4.92. The van der Waals surface area contributed by atoms with Crippen molar-refractivity contribution >= 4 is 23.2 Å². The third-order valence-electron chi connectivity index (χ3n) is 3.63. The van der Waals surface area contributed by atoms with Crippen molar-refractivity contribution in [2.75, 3.05) is 20.2 Å². The molecule has 1 aromatic carbocycles. The lowest BCUT2D eigenvalue weighted by Crippen LogP contribution is -2.52. The number of hydrogen-bond acceptors (Lipinski definition) is 4. The average Bonchev–Trinajstić information content (AvgIpc) is 3.03. The minimum atomic E-state index is -0.603. The van der Waals surface area contributed by atoms with Crippen molar-refractivity contribution in [3.63, 3.8) is 0 Å². The Morgan fingerprint density at radius 2 is 2.09 bits per heavy atom. The van der Waals surface area contributed by atoms with Crippen LogP contribution in [0.3, 0.4) is 0 Å². The summed E-state index contributed by atoms with van der Waals surface area (Å²) >= 11 is 1.33. The number of nitrogens with zero attached hydrogens (tertiary/aromatic N) is 1. The summed E-state index contributed by atoms with van der Waals surface area (Å²) in [6.45, 7) is 0.937. The van der Waals surface area contributed by atoms with Crippen molar-refractivity contribution in [2.45, 2.75) is 6.04 Å². The predicted octanol–water partition coefficient (Wildman–Crippen LogP) is 2.07. The quantitative estimate of drug-likeness (QED) is 0.943. The molecule has 114 valence electrons. The summed E-state index contributed by atoms with van der Waals surface area (Å²) < 4.78 is 5.23. The van der Waals surface area contributed by atoms with E-state index in [-0.39, 0.29) is 11.8 Å². The van der Waals surface area contributed by atoms with Crippen LogP contribution in [0.15, 0.2) is 41.8 Å². The van der Waals surface area contributed by atoms with Crippen molar-refractivity contribution in [1.29, 1.82) is 0 Å². The van der Waals surface area contributed by atoms with E-state index in [1.807, 2.05) is 35.7 Å². The van der Waals surface area contributed by atoms with Gasteiger partial charge in [0.15, 0.2) is 0 Å². The first kappa shape index (κ1) is 14.6. The molecular weight excluding hydrogens is 300 g/mol. The summed E-state index contributed by atoms with van der Waals surface area (Å²) in [5, 5.41) is 4.64. The van der Waals surface area contributed by atoms with Crippen molar-refractivity contribution in [1.82, 2.24) is 10.2 Å². The van der Waals surface area contributed by atoms with Gasteiger partial charge in [0.25, 0.3) is 5.91 Å². The van der Waals surface area contributed by atoms with Crippen LogP contribution in [0.5, 0.6) is 5.75 Å². The van der Waals surface area contributed by atoms with Crippen LogP contribution in [0.4, 0.5) is 0 Å². The summed E-state index contributed by atoms with van der Waals surface area (Å²) in [4.78, 5) is 27.3. The molecule has 2 aromatic rings. The number of nitrogens with one attached hydrogen (secondary N) is 1. The molecule has 0 unspecified atom stereocenters. The van der Waals surface area contributed by atoms with Crippen molar-refractivity contribution in [3.8, 4) is 5.75 Å². The van der Waals surface area contributed by atoms with Gasteiger partial charge in [0.1, 0.15) is 16.7 Å². The second-order valence-corrected chi connectivity index (χ2v) is 5.84. The zero-order valence-electron chi connectivity index (χ0n) is 12.1. The molecule has 2 heterocycles. The van der Waals surface area contributed by atoms with Gasteiger partial charge in [-0.1, -0.05) is 30.3 Å². The fraction of sp³-hybridized carbons (Fsp3) is 0.250. The Hall–Kier alpha value is -2.34. The number of hydrogen-bond donors (Lipinski definition) is 1. The Kier molecular flexibility index (Phi) is 4.11. The van der Waals surface area contributed by atoms with Crippen LogP contribution >= 0.6 is 11.3 Å². The third kappa shape index (κ3) is 2.57. The van der Waals surface area contributed by atoms with Crippen LogP contribution in [0.2, 0.25) is 0 Å². The first-order chi connectivity index (χ1) is 10.7. The minimum absolute atomic E-state index is 0.152. The molecule has 2 amide bonds. The third-order valence-corrected chi connectivity index (χ3v) is 4.52. The van der Waals surface area contributed by atoms with Crippen LogP contribution in [0, 0.1) is 0 Å². The van der Waals surface area contributed by atoms with Crippen LogP contribution < -0.4 is 10.1 Å². The largest absolute Gasteiger partial charge is 0.495 e. The number of amides is 2. The van der Waals surface area contributed by atoms with Crippen molar-refractivity contribution in [3.05, 3.63) is 52.2 Å². The Balaban J connectivity index is 1.96. The Bertz CT molecular complexity index is 684. The summed E-state index contributed by atoms with van der Waals surface area (Å²) in [5.41, 5.74) is 0.809. The summed E-state index contributed by atoms with van der Waals surface area (Å²) in [6, 6.07) is 10.5. The number of rotatable bonds is 3. The Morgan fingerprint density at radius 1 is 1.32 bits per heavy atom. The summed E-state index contributed by atoms with van der Waals surface area (Å²) in [5.74, 6) is 0.227. The van der Waals surface area contributed by atoms with Gasteiger partial charge in [0.2, 0.25) is 5.91 Å². The molecule has 1 N–H and O–H groups in total. The van der Waals surface area contributed by atoms with Gasteiger partial charge in [-0.2, -0.15) is 0 Å². The highest BCUT2D eigenvalue weighted by molar-refractivity contribution is 7.12. The number of methoxy groups -OCH3 is 1. The average molecular weight is 316 g/mol. The van der Waals surface area contributed by atoms with Gasteiger partial charge in [-0.05, 0) is 17.0 Å². The number of carbonyl (C=O) groups is 2. The molecule has 6 heteroatoms. The van der Waals surface area contributed by atoms with Crippen molar-refractivity contribution in [2.24, 2.45) is 0 Å². The lowest BCUT2D eigenvalue weighted by Gasteiger charge is -2.35. The molecule has 0 radical (unpaired) electrons. The SMILES string of the molecule is COc1ccsc1C(=O)N1CCNC(=O)[C@@H]1c1ccccc1. The molecule has 1 aromatic heterocycles. The lowest BCUT2D eigenvalue weighted by molar-refractivity contribution is -0.128. The molecular formula is C16H16N2O3S. The molecule has 0 bridgehead atoms. The van der Waals surface area contributed by atoms with E-state index in [1.165, 1.54) is 18.4 Å². The first-order valence-electron chi connectivity index (χ1n) is 6.97. The molecule has 0 spiro atoms. The predicted molar refractivity (Wildman–Crippen MR) is 84.1 cm³/mol. The van der Waals surface area contributed by atoms with Crippen LogP contribution in [0.1, 0.15) is 21.3 Å². The molecule has 0 saturated carbocycles. The molecule has 3 rings (SSSR count). The molecule has 1 aliphatic heterocycles. The first-order valence-corrected chi connectivity index (χ1v) is 7.85. The van der Waals surface area contributed by atoms with E-state index >= 15 is 0 Å². The van der Waals surface area contributed by atoms with Crippen molar-refractivity contribution < 1.29 is 14.3 Å². The van der Waals surface area contributed by atoms with E-state index in [2.05, 4.69) is 5.32 Å². The maximum Gasteiger partial charge on any atom is 0.268 e. The Labute approximate surface area is 132 Å². The fourth-order valence-corrected chi connectivity index (χ4v) is 3.41. The number of thiophene rings is 1. The minimum Gasteiger partial charge on any atom is -0.495 e. The summed E-state index contributed by atoms with van der Waals surface area (Å²) in [6.07, 6.45) is 0. The highest BCUT2D eigenvalue weighted by Crippen LogP contribution is 2.31. The van der Waals surface area contributed by atoms with Crippen LogP contribution in [-0.2, 0) is 4.79 Å². The number of piperazine rings is 1. The molecule has 1 atom stereocenters. The van der Waals surface area contributed by atoms with E-state index in [1.54, 1.807) is 11.0 Å². The molecule has 0 aliphatic carbocycles. The smallest absolute Gasteiger partial charge is 0.268 e. The van der Waals surface area contributed by atoms with E-state index in [4.69, 9.17) is 4.74 Å². The monoisotopic (exact) mass is 316 g/mol. The van der Waals surface area contributed by atoms with Gasteiger partial charge in [0.05, 0.1) is 7.11 Å². The van der Waals surface area contributed by atoms with Gasteiger partial charge >= 0.3 is 0 Å². The topological polar surface area (TPSA) is 58.6 Å². The van der Waals surface area contributed by atoms with Gasteiger partial charge in [-0.3, -0.25) is 9.59 Å². The maximum absolute atomic E-state index is 12.8. The van der Waals surface area contributed by atoms with Gasteiger partial charge in [-0.15, -0.1) is 11.3 Å². The highest BCUT2D eigenvalue weighted by atomic mass is 32.1. The molecule has 1 fully saturated rings. The molecule has 1 saturated heterocycles. The Morgan fingerprint density at radius 3 is 2.82 bits per heavy atom. The van der Waals surface area contributed by atoms with E-state index < -0.39 is 6.04 Å². The fourth-order valence-electron chi connectivity index (χ4n) is 2.60. The highest BCUT2D eigenvalue weighted by Gasteiger charge is 2.36. The maximum atomic E-state index is 12.8. The van der Waals surface area contributed by atoms with E-state index in [9.17, 15) is 9.59 Å². The number of ether oxygens (including phenoxy) is 1. The second kappa shape index (κ2) is 6.19. The standard InChI is InChI=1S/C16H16N2O3S/c1-21-12-7-10-22-14(12)16(20)18-9-8-17-15(19)13(18)11-5-3-2-4-6-11/h2-7,10,13H,8-9H2,1H3,(H,17,19)/t13-/m0/s1. The van der Waals surface area contributed by atoms with E-state index in [0.717, 1.165) is 5.56 Å².